The van der Waals surface area contributed by atoms with Gasteiger partial charge in [-0.3, -0.25) is 0 Å². The van der Waals surface area contributed by atoms with E-state index < -0.39 is 41.8 Å². The van der Waals surface area contributed by atoms with E-state index in [4.69, 9.17) is 69.3 Å². The molecule has 0 N–H and O–H groups in total. The number of aliphatic carboxylic acids is 7. The van der Waals surface area contributed by atoms with Crippen LogP contribution in [0.2, 0.25) is 0 Å². The van der Waals surface area contributed by atoms with Gasteiger partial charge in [0.25, 0.3) is 0 Å². The summed E-state index contributed by atoms with van der Waals surface area (Å²) in [4.78, 5) is 62.2. The molecule has 0 aromatic carbocycles. The van der Waals surface area contributed by atoms with E-state index in [0.29, 0.717) is 0 Å². The van der Waals surface area contributed by atoms with E-state index in [1.165, 1.54) is 0 Å². The molecule has 0 amide bonds. The van der Waals surface area contributed by atoms with Crippen LogP contribution in [0.15, 0.2) is 0 Å². The first-order valence-electron chi connectivity index (χ1n) is 6.36. The molecule has 0 spiro atoms. The minimum Gasteiger partial charge on any atom is -0.550 e. The fourth-order valence-corrected chi connectivity index (χ4v) is 0. The smallest absolute Gasteiger partial charge is 0.0383 e. The van der Waals surface area contributed by atoms with Gasteiger partial charge < -0.3 is 69.3 Å². The third-order valence-electron chi connectivity index (χ3n) is 0. The number of hydrogen-bond donors (Lipinski definition) is 0. The van der Waals surface area contributed by atoms with Gasteiger partial charge in [-0.2, -0.15) is 0 Å². The number of carboxylic acid groups (broad SMARTS) is 7. The average molecular weight is 2070 g/mol. The number of hydrogen-bond acceptors (Lipinski definition) is 14. The monoisotopic (exact) mass is 2080 g/mol. The van der Waals surface area contributed by atoms with Gasteiger partial charge in [0, 0.05) is 260 Å². The molecule has 0 aliphatic carbocycles. The van der Waals surface area contributed by atoms with Crippen molar-refractivity contribution in [1.29, 1.82) is 0 Å². The zero-order valence-electron chi connectivity index (χ0n) is 20.2. The normalized spacial score (nSPS) is 4.86. The summed E-state index contributed by atoms with van der Waals surface area (Å²) in [5.41, 5.74) is 0. The van der Waals surface area contributed by atoms with Gasteiger partial charge >= 0.3 is 0 Å². The van der Waals surface area contributed by atoms with Crippen LogP contribution >= 0.6 is 0 Å². The van der Waals surface area contributed by atoms with Crippen LogP contribution < -0.4 is 35.7 Å². The summed E-state index contributed by atoms with van der Waals surface area (Å²) in [7, 11) is 0. The van der Waals surface area contributed by atoms with Crippen molar-refractivity contribution in [2.75, 3.05) is 0 Å². The molecule has 0 rings (SSSR count). The summed E-state index contributed by atoms with van der Waals surface area (Å²) in [6.07, 6.45) is 0. The third-order valence-corrected chi connectivity index (χ3v) is 0. The van der Waals surface area contributed by atoms with Crippen molar-refractivity contribution in [2.45, 2.75) is 48.5 Å². The topological polar surface area (TPSA) is 281 Å². The van der Waals surface area contributed by atoms with Crippen LogP contribution in [0.4, 0.5) is 0 Å². The van der Waals surface area contributed by atoms with Crippen LogP contribution in [0.5, 0.6) is 0 Å². The van der Waals surface area contributed by atoms with Gasteiger partial charge in [-0.05, 0) is 48.5 Å². The molecule has 0 fully saturated rings. The number of rotatable bonds is 0. The maximum absolute atomic E-state index is 8.89. The molecule has 14 nitrogen and oxygen atoms in total. The van der Waals surface area contributed by atoms with Crippen LogP contribution in [-0.2, 0) is 33.6 Å². The molecule has 22 heteroatoms. The van der Waals surface area contributed by atoms with Crippen LogP contribution in [0.1, 0.15) is 48.5 Å². The Balaban J connectivity index is -0.0000000106. The van der Waals surface area contributed by atoms with E-state index in [2.05, 4.69) is 0 Å². The predicted molar refractivity (Wildman–Crippen MR) is 121 cm³/mol. The predicted octanol–water partition coefficient (Wildman–Crippen LogP) is -11.8. The van der Waals surface area contributed by atoms with Gasteiger partial charge in [-0.1, -0.05) is 0 Å². The summed E-state index contributed by atoms with van der Waals surface area (Å²) in [6, 6.07) is 0. The molecule has 32 radical (unpaired) electrons. The molecule has 0 aliphatic heterocycles. The summed E-state index contributed by atoms with van der Waals surface area (Å²) >= 11 is 0. The molecule has 0 aliphatic rings. The van der Waals surface area contributed by atoms with Crippen molar-refractivity contribution in [1.82, 2.24) is 0 Å². The van der Waals surface area contributed by atoms with Crippen LogP contribution in [0.3, 0.4) is 0 Å². The third kappa shape index (κ3) is 3770. The Morgan fingerprint density at radius 1 is 0.250 bits per heavy atom. The number of carboxylic acids is 7. The molecule has 0 heterocycles. The van der Waals surface area contributed by atoms with Gasteiger partial charge in [-0.15, -0.1) is 0 Å². The Labute approximate surface area is 370 Å². The Morgan fingerprint density at radius 2 is 0.250 bits per heavy atom. The van der Waals surface area contributed by atoms with Gasteiger partial charge in [-0.25, -0.2) is 0 Å². The molecule has 200 valence electrons. The minimum absolute atomic E-state index is 0. The van der Waals surface area contributed by atoms with Crippen molar-refractivity contribution in [3.05, 3.63) is 0 Å². The Hall–Kier alpha value is 3.67. The molecule has 0 unspecified atom stereocenters. The molecule has 0 atom stereocenters. The quantitative estimate of drug-likeness (QED) is 0.204. The Morgan fingerprint density at radius 3 is 0.250 bits per heavy atom. The summed E-state index contributed by atoms with van der Waals surface area (Å²) < 4.78 is 0. The zero-order chi connectivity index (χ0) is 25.0. The number of carbonyl (C=O) groups is 7. The first kappa shape index (κ1) is 97.5. The summed E-state index contributed by atoms with van der Waals surface area (Å²) in [5.74, 6) is -7.58. The van der Waals surface area contributed by atoms with Gasteiger partial charge in [0.1, 0.15) is 0 Å². The zero-order valence-corrected chi connectivity index (χ0v) is 51.3. The molecule has 0 aromatic heterocycles. The SMILES string of the molecule is CC(=O)[O-].CC(=O)[O-].CC(=O)[O-].CC(=O)[O-].CC(=O)[O-].CC(=O)[O-].CC(=O)[O-].[Pb].[Pb].[Pb].[Pb].[Pb].[Pb].[Pb].[Pb]. The molecule has 0 saturated heterocycles. The maximum atomic E-state index is 8.89. The van der Waals surface area contributed by atoms with E-state index in [-0.39, 0.29) is 218 Å². The average Bonchev–Trinajstić information content (AvgIpc) is 2.20. The second-order valence-corrected chi connectivity index (χ2v) is 3.44. The van der Waals surface area contributed by atoms with Crippen molar-refractivity contribution >= 4 is 260 Å². The number of carbonyl (C=O) groups excluding carboxylic acids is 7. The van der Waals surface area contributed by atoms with Gasteiger partial charge in [0.2, 0.25) is 0 Å². The van der Waals surface area contributed by atoms with Gasteiger partial charge in [0.05, 0.1) is 0 Å². The van der Waals surface area contributed by atoms with Crippen molar-refractivity contribution < 1.29 is 69.3 Å². The molecule has 36 heavy (non-hydrogen) atoms. The Bertz CT molecular complexity index is 335. The van der Waals surface area contributed by atoms with Gasteiger partial charge in [0.15, 0.2) is 0 Å². The van der Waals surface area contributed by atoms with Crippen molar-refractivity contribution in [3.63, 3.8) is 0 Å². The fraction of sp³-hybridized carbons (Fsp3) is 0.500. The molecule has 0 aromatic rings. The van der Waals surface area contributed by atoms with E-state index in [9.17, 15) is 0 Å². The molecular formula is C14H21O14Pb8-7. The molecular weight excluding hydrogens is 2050 g/mol. The summed E-state index contributed by atoms with van der Waals surface area (Å²) in [5, 5.41) is 62.2. The van der Waals surface area contributed by atoms with Crippen LogP contribution in [-0.4, -0.2) is 260 Å². The minimum atomic E-state index is -1.08. The van der Waals surface area contributed by atoms with E-state index in [1.54, 1.807) is 0 Å². The first-order valence-corrected chi connectivity index (χ1v) is 6.36. The Kier molecular flexibility index (Phi) is 244. The molecule has 0 bridgehead atoms. The van der Waals surface area contributed by atoms with Crippen molar-refractivity contribution in [3.8, 4) is 0 Å². The van der Waals surface area contributed by atoms with Crippen LogP contribution in [0.25, 0.3) is 0 Å². The standard InChI is InChI=1S/7C2H4O2.8Pb/c7*1-2(3)4;;;;;;;;/h7*1H3,(H,3,4);;;;;;;;/p-7. The summed E-state index contributed by atoms with van der Waals surface area (Å²) in [6.45, 7) is 6.81. The largest absolute Gasteiger partial charge is 0.550 e. The molecule has 0 saturated carbocycles. The van der Waals surface area contributed by atoms with E-state index >= 15 is 0 Å². The maximum Gasteiger partial charge on any atom is 0.0383 e. The van der Waals surface area contributed by atoms with E-state index in [0.717, 1.165) is 48.5 Å². The van der Waals surface area contributed by atoms with E-state index in [1.807, 2.05) is 0 Å². The fourth-order valence-electron chi connectivity index (χ4n) is 0. The van der Waals surface area contributed by atoms with Crippen LogP contribution in [0, 0.1) is 0 Å². The van der Waals surface area contributed by atoms with Crippen molar-refractivity contribution in [2.24, 2.45) is 0 Å². The second-order valence-electron chi connectivity index (χ2n) is 3.44. The second kappa shape index (κ2) is 90.2. The first-order chi connectivity index (χ1) is 12.1.